The van der Waals surface area contributed by atoms with Crippen LogP contribution in [0.5, 0.6) is 0 Å². The summed E-state index contributed by atoms with van der Waals surface area (Å²) in [6.45, 7) is 8.30. The number of anilines is 2. The number of halogens is 1. The molecule has 0 amide bonds. The maximum Gasteiger partial charge on any atom is 0.125 e. The minimum Gasteiger partial charge on any atom is -0.398 e. The minimum atomic E-state index is -0.220. The first-order valence-corrected chi connectivity index (χ1v) is 15.4. The largest absolute Gasteiger partial charge is 0.398 e. The van der Waals surface area contributed by atoms with Crippen molar-refractivity contribution in [2.24, 2.45) is 5.92 Å². The predicted molar refractivity (Wildman–Crippen MR) is 186 cm³/mol. The molecule has 0 unspecified atom stereocenters. The Labute approximate surface area is 259 Å². The molecule has 4 heteroatoms. The highest BCUT2D eigenvalue weighted by atomic mass is 19.1. The molecular weight excluding hydrogens is 531 g/mol. The van der Waals surface area contributed by atoms with E-state index in [0.29, 0.717) is 6.54 Å². The lowest BCUT2D eigenvalue weighted by Gasteiger charge is -2.20. The van der Waals surface area contributed by atoms with E-state index in [1.807, 2.05) is 43.5 Å². The number of benzene rings is 3. The Balaban J connectivity index is 0.000000389. The van der Waals surface area contributed by atoms with Crippen LogP contribution in [0.2, 0.25) is 0 Å². The Morgan fingerprint density at radius 3 is 2.16 bits per heavy atom. The van der Waals surface area contributed by atoms with Crippen LogP contribution >= 0.6 is 0 Å². The maximum absolute atomic E-state index is 14.2. The van der Waals surface area contributed by atoms with Gasteiger partial charge in [-0.2, -0.15) is 0 Å². The average Bonchev–Trinajstić information content (AvgIpc) is 3.00. The smallest absolute Gasteiger partial charge is 0.125 e. The van der Waals surface area contributed by atoms with E-state index in [1.54, 1.807) is 32.4 Å². The van der Waals surface area contributed by atoms with Crippen molar-refractivity contribution in [3.63, 3.8) is 0 Å². The molecule has 0 saturated heterocycles. The molecular formula is C39H49FN2O. The fourth-order valence-electron chi connectivity index (χ4n) is 5.22. The van der Waals surface area contributed by atoms with Gasteiger partial charge in [-0.25, -0.2) is 4.39 Å². The Hall–Kier alpha value is -3.89. The van der Waals surface area contributed by atoms with E-state index >= 15 is 0 Å². The van der Waals surface area contributed by atoms with Gasteiger partial charge in [0.1, 0.15) is 5.82 Å². The van der Waals surface area contributed by atoms with Crippen LogP contribution in [0.25, 0.3) is 23.3 Å². The first-order valence-electron chi connectivity index (χ1n) is 15.4. The van der Waals surface area contributed by atoms with Crippen molar-refractivity contribution in [2.45, 2.75) is 57.9 Å². The minimum absolute atomic E-state index is 0.220. The first-order chi connectivity index (χ1) is 20.9. The lowest BCUT2D eigenvalue weighted by atomic mass is 9.90. The van der Waals surface area contributed by atoms with Gasteiger partial charge >= 0.3 is 0 Å². The monoisotopic (exact) mass is 580 g/mol. The zero-order valence-electron chi connectivity index (χ0n) is 26.3. The second kappa shape index (κ2) is 17.9. The van der Waals surface area contributed by atoms with Gasteiger partial charge in [-0.3, -0.25) is 0 Å². The highest BCUT2D eigenvalue weighted by Gasteiger charge is 2.09. The molecule has 2 saturated carbocycles. The van der Waals surface area contributed by atoms with Crippen molar-refractivity contribution in [1.29, 1.82) is 0 Å². The molecule has 3 aromatic rings. The number of nitrogens with zero attached hydrogens (tertiary/aromatic N) is 1. The molecule has 2 fully saturated rings. The van der Waals surface area contributed by atoms with Crippen LogP contribution in [0.3, 0.4) is 0 Å². The van der Waals surface area contributed by atoms with Crippen molar-refractivity contribution < 1.29 is 9.13 Å². The van der Waals surface area contributed by atoms with E-state index in [-0.39, 0.29) is 5.82 Å². The van der Waals surface area contributed by atoms with E-state index in [1.165, 1.54) is 56.9 Å². The normalized spacial score (nSPS) is 14.5. The zero-order valence-corrected chi connectivity index (χ0v) is 26.3. The van der Waals surface area contributed by atoms with Crippen LogP contribution in [0, 0.1) is 11.7 Å². The molecule has 3 aromatic carbocycles. The van der Waals surface area contributed by atoms with Gasteiger partial charge in [0.15, 0.2) is 0 Å². The van der Waals surface area contributed by atoms with Crippen LogP contribution in [0.1, 0.15) is 68.1 Å². The van der Waals surface area contributed by atoms with Gasteiger partial charge in [0.25, 0.3) is 0 Å². The number of rotatable bonds is 8. The van der Waals surface area contributed by atoms with E-state index in [0.717, 1.165) is 45.1 Å². The quantitative estimate of drug-likeness (QED) is 0.213. The van der Waals surface area contributed by atoms with Crippen LogP contribution in [-0.4, -0.2) is 21.3 Å². The fourth-order valence-corrected chi connectivity index (χ4v) is 5.22. The summed E-state index contributed by atoms with van der Waals surface area (Å²) < 4.78 is 18.5. The third-order valence-corrected chi connectivity index (χ3v) is 7.96. The number of methoxy groups -OCH3 is 1. The summed E-state index contributed by atoms with van der Waals surface area (Å²) in [6.07, 6.45) is 20.8. The Morgan fingerprint density at radius 2 is 1.58 bits per heavy atom. The lowest BCUT2D eigenvalue weighted by Crippen LogP contribution is -2.16. The van der Waals surface area contributed by atoms with Gasteiger partial charge in [0.2, 0.25) is 0 Å². The number of allylic oxidation sites excluding steroid dienone is 4. The fraction of sp³-hybridized carbons (Fsp3) is 0.333. The molecule has 228 valence electrons. The summed E-state index contributed by atoms with van der Waals surface area (Å²) in [5, 5.41) is 0. The number of nitrogen functional groups attached to an aromatic ring is 1. The summed E-state index contributed by atoms with van der Waals surface area (Å²) in [5.41, 5.74) is 14.2. The highest BCUT2D eigenvalue weighted by Crippen LogP contribution is 2.27. The number of hydrogen-bond donors (Lipinski definition) is 1. The second-order valence-electron chi connectivity index (χ2n) is 11.4. The van der Waals surface area contributed by atoms with Gasteiger partial charge in [-0.15, -0.1) is 6.58 Å². The third-order valence-electron chi connectivity index (χ3n) is 7.96. The zero-order chi connectivity index (χ0) is 31.0. The van der Waals surface area contributed by atoms with Gasteiger partial charge < -0.3 is 15.4 Å². The summed E-state index contributed by atoms with van der Waals surface area (Å²) in [7, 11) is 5.24. The Kier molecular flexibility index (Phi) is 14.0. The number of ether oxygens (including phenoxy) is 1. The van der Waals surface area contributed by atoms with E-state index in [4.69, 9.17) is 5.73 Å². The molecule has 5 rings (SSSR count). The summed E-state index contributed by atoms with van der Waals surface area (Å²) in [5.74, 6) is 0.630. The van der Waals surface area contributed by atoms with E-state index in [2.05, 4.69) is 59.2 Å². The molecule has 0 heterocycles. The molecule has 2 N–H and O–H groups in total. The van der Waals surface area contributed by atoms with Crippen LogP contribution in [-0.2, 0) is 11.3 Å². The van der Waals surface area contributed by atoms with Gasteiger partial charge in [-0.1, -0.05) is 92.1 Å². The molecule has 0 atom stereocenters. The van der Waals surface area contributed by atoms with Gasteiger partial charge in [0, 0.05) is 39.2 Å². The predicted octanol–water partition coefficient (Wildman–Crippen LogP) is 10.5. The van der Waals surface area contributed by atoms with Crippen LogP contribution < -0.4 is 10.6 Å². The molecule has 2 aliphatic carbocycles. The summed E-state index contributed by atoms with van der Waals surface area (Å²) in [4.78, 5) is 2.07. The van der Waals surface area contributed by atoms with Crippen LogP contribution in [0.15, 0.2) is 97.6 Å². The summed E-state index contributed by atoms with van der Waals surface area (Å²) in [6, 6.07) is 19.6. The Bertz CT molecular complexity index is 1360. The Morgan fingerprint density at radius 1 is 0.907 bits per heavy atom. The van der Waals surface area contributed by atoms with Crippen LogP contribution in [0.4, 0.5) is 15.8 Å². The van der Waals surface area contributed by atoms with Crippen molar-refractivity contribution in [1.82, 2.24) is 0 Å². The van der Waals surface area contributed by atoms with Crippen molar-refractivity contribution >= 4 is 23.5 Å². The molecule has 3 nitrogen and oxygen atoms in total. The average molecular weight is 581 g/mol. The second-order valence-corrected chi connectivity index (χ2v) is 11.4. The van der Waals surface area contributed by atoms with Gasteiger partial charge in [0.05, 0.1) is 0 Å². The lowest BCUT2D eigenvalue weighted by molar-refractivity contribution is 0.277. The molecule has 0 spiro atoms. The SMILES string of the molecule is C=CC1CCCCC1.C=Cc1cc(-c2ccc(CN(C)c3cc(F)cc(/C=C/C=C4CCC4)c3)cc2)ccc1N.COC. The van der Waals surface area contributed by atoms with Gasteiger partial charge in [-0.05, 0) is 96.2 Å². The molecule has 0 aliphatic heterocycles. The molecule has 43 heavy (non-hydrogen) atoms. The number of hydrogen-bond acceptors (Lipinski definition) is 3. The third kappa shape index (κ3) is 11.0. The number of nitrogens with two attached hydrogens (primary N) is 1. The van der Waals surface area contributed by atoms with E-state index in [9.17, 15) is 4.39 Å². The standard InChI is InChI=1S/C29H29FN2.C8H14.C2H6O/c1-3-24-18-26(14-15-29(24)31)25-12-10-22(11-13-25)20-32(2)28-17-23(16-27(30)19-28)9-5-8-21-6-4-7-21;1-2-8-6-4-3-5-7-8;1-3-2/h3,5,8-19H,1,4,6-7,20,31H2,2H3;2,8H,1,3-7H2;1-2H3/b9-5+;;. The van der Waals surface area contributed by atoms with Crippen molar-refractivity contribution in [3.8, 4) is 11.1 Å². The molecule has 0 bridgehead atoms. The summed E-state index contributed by atoms with van der Waals surface area (Å²) >= 11 is 0. The molecule has 2 aliphatic rings. The molecule has 0 aromatic heterocycles. The van der Waals surface area contributed by atoms with Crippen molar-refractivity contribution in [2.75, 3.05) is 31.9 Å². The first kappa shape index (κ1) is 33.6. The molecule has 0 radical (unpaired) electrons. The van der Waals surface area contributed by atoms with Crippen molar-refractivity contribution in [3.05, 3.63) is 120 Å². The maximum atomic E-state index is 14.2. The van der Waals surface area contributed by atoms with E-state index < -0.39 is 0 Å². The highest BCUT2D eigenvalue weighted by molar-refractivity contribution is 5.73. The topological polar surface area (TPSA) is 38.5 Å².